The Kier molecular flexibility index (Phi) is 2.89. The number of rotatable bonds is 2. The second-order valence-corrected chi connectivity index (χ2v) is 5.53. The van der Waals surface area contributed by atoms with E-state index in [2.05, 4.69) is 40.0 Å². The Morgan fingerprint density at radius 3 is 2.79 bits per heavy atom. The highest BCUT2D eigenvalue weighted by molar-refractivity contribution is 9.10. The molecule has 1 aliphatic rings. The molecule has 0 unspecified atom stereocenters. The van der Waals surface area contributed by atoms with E-state index in [1.165, 1.54) is 0 Å². The van der Waals surface area contributed by atoms with Crippen LogP contribution in [0.3, 0.4) is 0 Å². The third-order valence-corrected chi connectivity index (χ3v) is 3.97. The first kappa shape index (κ1) is 12.3. The van der Waals surface area contributed by atoms with Gasteiger partial charge in [0.05, 0.1) is 10.7 Å². The van der Waals surface area contributed by atoms with Crippen molar-refractivity contribution in [1.82, 2.24) is 10.2 Å². The van der Waals surface area contributed by atoms with E-state index in [1.54, 1.807) is 6.20 Å². The van der Waals surface area contributed by atoms with Crippen LogP contribution in [0.5, 0.6) is 11.5 Å². The molecule has 0 bridgehead atoms. The normalized spacial score (nSPS) is 13.3. The first-order valence-corrected chi connectivity index (χ1v) is 6.80. The Morgan fingerprint density at radius 1 is 1.37 bits per heavy atom. The molecule has 1 aromatic carbocycles. The molecule has 3 rings (SSSR count). The number of halogens is 1. The van der Waals surface area contributed by atoms with Crippen molar-refractivity contribution in [2.45, 2.75) is 19.8 Å². The number of nitrogens with zero attached hydrogens (tertiary/aromatic N) is 1. The zero-order chi connectivity index (χ0) is 13.6. The highest BCUT2D eigenvalue weighted by atomic mass is 79.9. The van der Waals surface area contributed by atoms with Crippen molar-refractivity contribution in [3.63, 3.8) is 0 Å². The highest BCUT2D eigenvalue weighted by Crippen LogP contribution is 2.48. The van der Waals surface area contributed by atoms with Gasteiger partial charge in [0.1, 0.15) is 5.82 Å². The minimum Gasteiger partial charge on any atom is -0.454 e. The fourth-order valence-electron chi connectivity index (χ4n) is 2.31. The van der Waals surface area contributed by atoms with Crippen molar-refractivity contribution < 1.29 is 9.47 Å². The number of ether oxygens (including phenoxy) is 2. The number of aromatic amines is 1. The lowest BCUT2D eigenvalue weighted by molar-refractivity contribution is 0.173. The average molecular weight is 324 g/mol. The van der Waals surface area contributed by atoms with E-state index in [0.29, 0.717) is 11.7 Å². The van der Waals surface area contributed by atoms with Crippen LogP contribution in [0.15, 0.2) is 16.7 Å². The largest absolute Gasteiger partial charge is 0.454 e. The van der Waals surface area contributed by atoms with Gasteiger partial charge in [-0.2, -0.15) is 5.10 Å². The predicted molar refractivity (Wildman–Crippen MR) is 76.3 cm³/mol. The number of nitrogen functional groups attached to an aromatic ring is 1. The summed E-state index contributed by atoms with van der Waals surface area (Å²) in [6.07, 6.45) is 1.73. The summed E-state index contributed by atoms with van der Waals surface area (Å²) in [5.41, 5.74) is 8.96. The molecule has 2 heterocycles. The summed E-state index contributed by atoms with van der Waals surface area (Å²) in [5, 5.41) is 6.75. The molecule has 0 atom stereocenters. The summed E-state index contributed by atoms with van der Waals surface area (Å²) < 4.78 is 11.9. The molecule has 0 spiro atoms. The molecule has 0 radical (unpaired) electrons. The maximum absolute atomic E-state index is 5.93. The van der Waals surface area contributed by atoms with Gasteiger partial charge in [-0.15, -0.1) is 0 Å². The van der Waals surface area contributed by atoms with Crippen LogP contribution in [0.4, 0.5) is 5.82 Å². The molecule has 0 aliphatic carbocycles. The van der Waals surface area contributed by atoms with Gasteiger partial charge in [-0.25, -0.2) is 0 Å². The molecule has 5 nitrogen and oxygen atoms in total. The van der Waals surface area contributed by atoms with Gasteiger partial charge >= 0.3 is 0 Å². The van der Waals surface area contributed by atoms with Gasteiger partial charge in [0.15, 0.2) is 11.5 Å². The molecule has 0 saturated heterocycles. The van der Waals surface area contributed by atoms with Crippen molar-refractivity contribution in [1.29, 1.82) is 0 Å². The third kappa shape index (κ3) is 1.87. The first-order valence-electron chi connectivity index (χ1n) is 6.00. The SMILES string of the molecule is CC(C)c1c(-c2cn[nH]c2N)cc2c(c1Br)OCO2. The molecule has 6 heteroatoms. The van der Waals surface area contributed by atoms with Crippen LogP contribution in [0.25, 0.3) is 11.1 Å². The van der Waals surface area contributed by atoms with Crippen molar-refractivity contribution in [2.75, 3.05) is 12.5 Å². The molecule has 0 fully saturated rings. The van der Waals surface area contributed by atoms with Crippen molar-refractivity contribution >= 4 is 21.7 Å². The summed E-state index contributed by atoms with van der Waals surface area (Å²) >= 11 is 3.62. The van der Waals surface area contributed by atoms with Gasteiger partial charge in [0.2, 0.25) is 6.79 Å². The predicted octanol–water partition coefficient (Wildman–Crippen LogP) is 3.27. The number of nitrogens with two attached hydrogens (primary N) is 1. The summed E-state index contributed by atoms with van der Waals surface area (Å²) in [6, 6.07) is 1.96. The van der Waals surface area contributed by atoms with E-state index in [4.69, 9.17) is 15.2 Å². The Labute approximate surface area is 119 Å². The Bertz CT molecular complexity index is 637. The Balaban J connectivity index is 2.29. The van der Waals surface area contributed by atoms with E-state index in [1.807, 2.05) is 6.07 Å². The Morgan fingerprint density at radius 2 is 2.16 bits per heavy atom. The van der Waals surface area contributed by atoms with E-state index in [-0.39, 0.29) is 6.79 Å². The van der Waals surface area contributed by atoms with Gasteiger partial charge in [-0.05, 0) is 39.0 Å². The smallest absolute Gasteiger partial charge is 0.231 e. The fraction of sp³-hybridized carbons (Fsp3) is 0.308. The number of hydrogen-bond acceptors (Lipinski definition) is 4. The number of fused-ring (bicyclic) bond motifs is 1. The highest BCUT2D eigenvalue weighted by Gasteiger charge is 2.25. The van der Waals surface area contributed by atoms with E-state index in [0.717, 1.165) is 32.7 Å². The van der Waals surface area contributed by atoms with E-state index in [9.17, 15) is 0 Å². The number of hydrogen-bond donors (Lipinski definition) is 2. The maximum Gasteiger partial charge on any atom is 0.231 e. The molecular formula is C13H14BrN3O2. The lowest BCUT2D eigenvalue weighted by Crippen LogP contribution is -1.97. The number of H-pyrrole nitrogens is 1. The molecule has 3 N–H and O–H groups in total. The van der Waals surface area contributed by atoms with Gasteiger partial charge in [-0.1, -0.05) is 13.8 Å². The monoisotopic (exact) mass is 323 g/mol. The molecule has 1 aliphatic heterocycles. The van der Waals surface area contributed by atoms with Crippen molar-refractivity contribution in [3.05, 3.63) is 22.3 Å². The molecule has 0 amide bonds. The van der Waals surface area contributed by atoms with Crippen molar-refractivity contribution in [2.24, 2.45) is 0 Å². The number of benzene rings is 1. The summed E-state index contributed by atoms with van der Waals surface area (Å²) in [4.78, 5) is 0. The summed E-state index contributed by atoms with van der Waals surface area (Å²) in [6.45, 7) is 4.50. The van der Waals surface area contributed by atoms with Gasteiger partial charge in [0, 0.05) is 5.56 Å². The van der Waals surface area contributed by atoms with Crippen LogP contribution in [0, 0.1) is 0 Å². The topological polar surface area (TPSA) is 73.2 Å². The fourth-order valence-corrected chi connectivity index (χ4v) is 3.30. The van der Waals surface area contributed by atoms with E-state index >= 15 is 0 Å². The van der Waals surface area contributed by atoms with Crippen LogP contribution in [-0.2, 0) is 0 Å². The lowest BCUT2D eigenvalue weighted by atomic mass is 9.93. The Hall–Kier alpha value is -1.69. The number of aromatic nitrogens is 2. The van der Waals surface area contributed by atoms with Crippen LogP contribution in [0.2, 0.25) is 0 Å². The number of nitrogens with one attached hydrogen (secondary N) is 1. The standard InChI is InChI=1S/C13H14BrN3O2/c1-6(2)10-7(8-4-16-17-13(8)15)3-9-12(11(10)14)19-5-18-9/h3-4,6H,5H2,1-2H3,(H3,15,16,17). The van der Waals surface area contributed by atoms with Crippen molar-refractivity contribution in [3.8, 4) is 22.6 Å². The minimum atomic E-state index is 0.246. The van der Waals surface area contributed by atoms with Crippen LogP contribution in [0.1, 0.15) is 25.3 Å². The zero-order valence-electron chi connectivity index (χ0n) is 10.7. The molecule has 1 aromatic heterocycles. The lowest BCUT2D eigenvalue weighted by Gasteiger charge is -2.16. The zero-order valence-corrected chi connectivity index (χ0v) is 12.2. The maximum atomic E-state index is 5.93. The molecule has 0 saturated carbocycles. The number of anilines is 1. The summed E-state index contributed by atoms with van der Waals surface area (Å²) in [5.74, 6) is 2.35. The average Bonchev–Trinajstić information content (AvgIpc) is 2.96. The quantitative estimate of drug-likeness (QED) is 0.889. The second-order valence-electron chi connectivity index (χ2n) is 4.74. The van der Waals surface area contributed by atoms with Gasteiger partial charge < -0.3 is 15.2 Å². The first-order chi connectivity index (χ1) is 9.09. The minimum absolute atomic E-state index is 0.246. The van der Waals surface area contributed by atoms with E-state index < -0.39 is 0 Å². The molecular weight excluding hydrogens is 310 g/mol. The van der Waals surface area contributed by atoms with Gasteiger partial charge in [0.25, 0.3) is 0 Å². The van der Waals surface area contributed by atoms with Gasteiger partial charge in [-0.3, -0.25) is 5.10 Å². The second kappa shape index (κ2) is 4.45. The molecule has 2 aromatic rings. The van der Waals surface area contributed by atoms with Crippen LogP contribution >= 0.6 is 15.9 Å². The van der Waals surface area contributed by atoms with Crippen LogP contribution < -0.4 is 15.2 Å². The molecule has 19 heavy (non-hydrogen) atoms. The molecule has 100 valence electrons. The van der Waals surface area contributed by atoms with Crippen LogP contribution in [-0.4, -0.2) is 17.0 Å². The summed E-state index contributed by atoms with van der Waals surface area (Å²) in [7, 11) is 0. The third-order valence-electron chi connectivity index (χ3n) is 3.18.